The molecule has 0 saturated carbocycles. The van der Waals surface area contributed by atoms with E-state index in [0.717, 1.165) is 66.8 Å². The molecule has 0 aliphatic carbocycles. The lowest BCUT2D eigenvalue weighted by Crippen LogP contribution is -2.02. The van der Waals surface area contributed by atoms with Gasteiger partial charge in [0.25, 0.3) is 0 Å². The van der Waals surface area contributed by atoms with Crippen molar-refractivity contribution in [2.75, 3.05) is 0 Å². The molecule has 5 heteroatoms. The van der Waals surface area contributed by atoms with E-state index in [0.29, 0.717) is 5.82 Å². The lowest BCUT2D eigenvalue weighted by atomic mass is 9.92. The predicted molar refractivity (Wildman–Crippen MR) is 235 cm³/mol. The zero-order chi connectivity index (χ0) is 37.2. The highest BCUT2D eigenvalue weighted by Gasteiger charge is 2.26. The molecule has 0 amide bonds. The number of fused-ring (bicyclic) bond motifs is 10. The molecule has 4 aromatic heterocycles. The van der Waals surface area contributed by atoms with Gasteiger partial charge in [-0.05, 0) is 64.7 Å². The van der Waals surface area contributed by atoms with E-state index < -0.39 is 0 Å². The molecule has 0 unspecified atom stereocenters. The molecule has 0 spiro atoms. The van der Waals surface area contributed by atoms with Gasteiger partial charge in [-0.15, -0.1) is 0 Å². The Morgan fingerprint density at radius 3 is 1.84 bits per heavy atom. The molecule has 264 valence electrons. The van der Waals surface area contributed by atoms with Crippen molar-refractivity contribution in [1.82, 2.24) is 19.1 Å². The van der Waals surface area contributed by atoms with Gasteiger partial charge in [0.15, 0.2) is 5.82 Å². The maximum Gasteiger partial charge on any atom is 0.162 e. The Labute approximate surface area is 325 Å². The van der Waals surface area contributed by atoms with Gasteiger partial charge in [0, 0.05) is 60.6 Å². The van der Waals surface area contributed by atoms with Crippen LogP contribution < -0.4 is 0 Å². The molecular formula is C52H30N4O. The van der Waals surface area contributed by atoms with Gasteiger partial charge in [-0.3, -0.25) is 4.57 Å². The molecule has 57 heavy (non-hydrogen) atoms. The molecule has 0 N–H and O–H groups in total. The van der Waals surface area contributed by atoms with Crippen LogP contribution in [0.1, 0.15) is 0 Å². The zero-order valence-corrected chi connectivity index (χ0v) is 30.5. The van der Waals surface area contributed by atoms with Crippen LogP contribution in [0.5, 0.6) is 0 Å². The van der Waals surface area contributed by atoms with E-state index in [2.05, 4.69) is 173 Å². The summed E-state index contributed by atoms with van der Waals surface area (Å²) >= 11 is 0. The standard InChI is InChI=1S/C52H30N4O/c1-3-14-31(15-4-1)40-29-47(54-52(53-40)32-26-27-36-35-19-10-12-25-45(35)57-46(36)28-32)56-41-23-11-9-21-39(41)49-43(56)30-44-51-48-37(34-18-7-8-20-38(34)50(49)51)22-13-24-42(48)55(44)33-16-5-2-6-17-33/h1-30H. The Kier molecular flexibility index (Phi) is 6.10. The lowest BCUT2D eigenvalue weighted by molar-refractivity contribution is 0.669. The van der Waals surface area contributed by atoms with Crippen LogP contribution in [0, 0.1) is 0 Å². The molecule has 0 radical (unpaired) electrons. The highest BCUT2D eigenvalue weighted by Crippen LogP contribution is 2.49. The van der Waals surface area contributed by atoms with Crippen LogP contribution in [-0.4, -0.2) is 19.1 Å². The van der Waals surface area contributed by atoms with Crippen molar-refractivity contribution in [3.63, 3.8) is 0 Å². The van der Waals surface area contributed by atoms with Crippen LogP contribution in [0.4, 0.5) is 0 Å². The third-order valence-electron chi connectivity index (χ3n) is 11.9. The molecule has 0 bridgehead atoms. The maximum absolute atomic E-state index is 6.36. The first-order chi connectivity index (χ1) is 28.3. The summed E-state index contributed by atoms with van der Waals surface area (Å²) in [5, 5.41) is 12.2. The molecule has 0 atom stereocenters. The summed E-state index contributed by atoms with van der Waals surface area (Å²) in [5.74, 6) is 1.43. The Morgan fingerprint density at radius 2 is 0.982 bits per heavy atom. The number of hydrogen-bond donors (Lipinski definition) is 0. The summed E-state index contributed by atoms with van der Waals surface area (Å²) in [6.07, 6.45) is 0. The third kappa shape index (κ3) is 4.23. The molecule has 4 heterocycles. The zero-order valence-electron chi connectivity index (χ0n) is 30.5. The number of nitrogens with zero attached hydrogens (tertiary/aromatic N) is 4. The number of aromatic nitrogens is 4. The smallest absolute Gasteiger partial charge is 0.162 e. The average molecular weight is 727 g/mol. The van der Waals surface area contributed by atoms with Gasteiger partial charge in [-0.1, -0.05) is 127 Å². The fourth-order valence-electron chi connectivity index (χ4n) is 9.49. The molecular weight excluding hydrogens is 697 g/mol. The maximum atomic E-state index is 6.36. The molecule has 0 aliphatic rings. The largest absolute Gasteiger partial charge is 0.456 e. The van der Waals surface area contributed by atoms with Crippen LogP contribution in [0.2, 0.25) is 0 Å². The van der Waals surface area contributed by atoms with Gasteiger partial charge in [-0.25, -0.2) is 9.97 Å². The van der Waals surface area contributed by atoms with Gasteiger partial charge in [0.05, 0.1) is 27.8 Å². The van der Waals surface area contributed by atoms with Crippen molar-refractivity contribution < 1.29 is 4.42 Å². The van der Waals surface area contributed by atoms with Crippen LogP contribution >= 0.6 is 0 Å². The molecule has 9 aromatic carbocycles. The fraction of sp³-hybridized carbons (Fsp3) is 0. The first kappa shape index (κ1) is 30.6. The second-order valence-electron chi connectivity index (χ2n) is 14.9. The van der Waals surface area contributed by atoms with Gasteiger partial charge >= 0.3 is 0 Å². The van der Waals surface area contributed by atoms with Crippen molar-refractivity contribution in [3.05, 3.63) is 182 Å². The Bertz CT molecular complexity index is 3740. The van der Waals surface area contributed by atoms with E-state index in [9.17, 15) is 0 Å². The Hall–Kier alpha value is -7.76. The fourth-order valence-corrected chi connectivity index (χ4v) is 9.49. The topological polar surface area (TPSA) is 48.8 Å². The van der Waals surface area contributed by atoms with Crippen molar-refractivity contribution in [2.45, 2.75) is 0 Å². The highest BCUT2D eigenvalue weighted by atomic mass is 16.3. The Morgan fingerprint density at radius 1 is 0.351 bits per heavy atom. The molecule has 0 aliphatic heterocycles. The van der Waals surface area contributed by atoms with Crippen LogP contribution in [0.25, 0.3) is 121 Å². The number of benzene rings is 9. The number of furan rings is 1. The third-order valence-corrected chi connectivity index (χ3v) is 11.9. The summed E-state index contributed by atoms with van der Waals surface area (Å²) in [6.45, 7) is 0. The average Bonchev–Trinajstić information content (AvgIpc) is 3.93. The van der Waals surface area contributed by atoms with Crippen LogP contribution in [0.15, 0.2) is 186 Å². The SMILES string of the molecule is c1ccc(-c2cc(-n3c4ccccc4c4c5c6ccccc6c6cccc7c6c5c(cc43)n7-c3ccccc3)nc(-c3ccc4c(c3)oc3ccccc34)n2)cc1. The van der Waals surface area contributed by atoms with E-state index in [-0.39, 0.29) is 0 Å². The Balaban J connectivity index is 1.19. The van der Waals surface area contributed by atoms with Crippen molar-refractivity contribution in [3.8, 4) is 34.2 Å². The van der Waals surface area contributed by atoms with Crippen molar-refractivity contribution in [1.29, 1.82) is 0 Å². The quantitative estimate of drug-likeness (QED) is 0.170. The van der Waals surface area contributed by atoms with Gasteiger partial charge in [0.2, 0.25) is 0 Å². The van der Waals surface area contributed by atoms with E-state index in [4.69, 9.17) is 14.4 Å². The van der Waals surface area contributed by atoms with Gasteiger partial charge in [-0.2, -0.15) is 0 Å². The lowest BCUT2D eigenvalue weighted by Gasteiger charge is -2.13. The van der Waals surface area contributed by atoms with E-state index in [1.165, 1.54) is 48.6 Å². The summed E-state index contributed by atoms with van der Waals surface area (Å²) in [4.78, 5) is 10.7. The molecule has 0 fully saturated rings. The van der Waals surface area contributed by atoms with Gasteiger partial charge in [0.1, 0.15) is 17.0 Å². The van der Waals surface area contributed by atoms with E-state index in [1.807, 2.05) is 18.2 Å². The number of para-hydroxylation sites is 3. The summed E-state index contributed by atoms with van der Waals surface area (Å²) in [6, 6.07) is 64.6. The van der Waals surface area contributed by atoms with E-state index >= 15 is 0 Å². The first-order valence-corrected chi connectivity index (χ1v) is 19.3. The second-order valence-corrected chi connectivity index (χ2v) is 14.9. The normalized spacial score (nSPS) is 12.2. The summed E-state index contributed by atoms with van der Waals surface area (Å²) in [7, 11) is 0. The summed E-state index contributed by atoms with van der Waals surface area (Å²) in [5.41, 5.74) is 10.1. The van der Waals surface area contributed by atoms with Crippen LogP contribution in [-0.2, 0) is 0 Å². The minimum atomic E-state index is 0.635. The minimum Gasteiger partial charge on any atom is -0.456 e. The van der Waals surface area contributed by atoms with Crippen LogP contribution in [0.3, 0.4) is 0 Å². The number of hydrogen-bond acceptors (Lipinski definition) is 3. The molecule has 13 aromatic rings. The first-order valence-electron chi connectivity index (χ1n) is 19.3. The predicted octanol–water partition coefficient (Wildman–Crippen LogP) is 13.6. The van der Waals surface area contributed by atoms with Gasteiger partial charge < -0.3 is 8.98 Å². The van der Waals surface area contributed by atoms with Crippen molar-refractivity contribution in [2.24, 2.45) is 0 Å². The molecule has 5 nitrogen and oxygen atoms in total. The van der Waals surface area contributed by atoms with Crippen molar-refractivity contribution >= 4 is 87.1 Å². The molecule has 13 rings (SSSR count). The van der Waals surface area contributed by atoms with E-state index in [1.54, 1.807) is 0 Å². The number of rotatable bonds is 4. The summed E-state index contributed by atoms with van der Waals surface area (Å²) < 4.78 is 11.1. The monoisotopic (exact) mass is 726 g/mol. The highest BCUT2D eigenvalue weighted by molar-refractivity contribution is 6.41. The second kappa shape index (κ2) is 11.4. The minimum absolute atomic E-state index is 0.635. The molecule has 0 saturated heterocycles.